The van der Waals surface area contributed by atoms with Crippen LogP contribution in [0.3, 0.4) is 0 Å². The van der Waals surface area contributed by atoms with Gasteiger partial charge in [-0.2, -0.15) is 18.3 Å². The van der Waals surface area contributed by atoms with E-state index in [1.807, 2.05) is 6.92 Å². The number of hydrogen-bond acceptors (Lipinski definition) is 4. The second kappa shape index (κ2) is 7.88. The Morgan fingerprint density at radius 2 is 1.91 bits per heavy atom. The molecule has 32 heavy (non-hydrogen) atoms. The number of aromatic nitrogens is 2. The van der Waals surface area contributed by atoms with E-state index >= 15 is 0 Å². The highest BCUT2D eigenvalue weighted by Crippen LogP contribution is 2.35. The minimum Gasteiger partial charge on any atom is -0.326 e. The Labute approximate surface area is 181 Å². The molecule has 0 saturated carbocycles. The van der Waals surface area contributed by atoms with Crippen molar-refractivity contribution in [1.29, 1.82) is 0 Å². The lowest BCUT2D eigenvalue weighted by Gasteiger charge is -2.29. The fourth-order valence-corrected chi connectivity index (χ4v) is 4.30. The molecular formula is C21H23F4N5O2. The Hall–Kier alpha value is -2.95. The van der Waals surface area contributed by atoms with Gasteiger partial charge in [0.1, 0.15) is 11.5 Å². The van der Waals surface area contributed by atoms with Gasteiger partial charge < -0.3 is 5.32 Å². The third kappa shape index (κ3) is 3.85. The summed E-state index contributed by atoms with van der Waals surface area (Å²) >= 11 is 0. The van der Waals surface area contributed by atoms with Gasteiger partial charge in [-0.25, -0.2) is 9.40 Å². The van der Waals surface area contributed by atoms with Crippen LogP contribution in [0.5, 0.6) is 0 Å². The van der Waals surface area contributed by atoms with Crippen molar-refractivity contribution in [3.8, 4) is 0 Å². The van der Waals surface area contributed by atoms with Gasteiger partial charge in [0.05, 0.1) is 17.8 Å². The number of carbonyl (C=O) groups excluding carboxylic acids is 2. The molecule has 1 aromatic carbocycles. The Kier molecular flexibility index (Phi) is 5.48. The number of halogens is 4. The van der Waals surface area contributed by atoms with Crippen molar-refractivity contribution in [3.63, 3.8) is 0 Å². The Morgan fingerprint density at radius 3 is 2.59 bits per heavy atom. The minimum atomic E-state index is -4.87. The van der Waals surface area contributed by atoms with Gasteiger partial charge in [0.2, 0.25) is 5.91 Å². The van der Waals surface area contributed by atoms with Gasteiger partial charge in [0.15, 0.2) is 0 Å². The lowest BCUT2D eigenvalue weighted by Crippen LogP contribution is -2.41. The number of anilines is 1. The van der Waals surface area contributed by atoms with Crippen molar-refractivity contribution < 1.29 is 27.2 Å². The van der Waals surface area contributed by atoms with Crippen LogP contribution in [-0.2, 0) is 30.4 Å². The number of nitrogens with one attached hydrogen (secondary N) is 1. The number of hydrogen-bond donors (Lipinski definition) is 1. The normalized spacial score (nSPS) is 21.7. The average molecular weight is 453 g/mol. The number of amides is 2. The summed E-state index contributed by atoms with van der Waals surface area (Å²) in [5, 5.41) is 10.4. The van der Waals surface area contributed by atoms with Crippen LogP contribution in [0.25, 0.3) is 0 Å². The van der Waals surface area contributed by atoms with Crippen LogP contribution in [0.1, 0.15) is 34.2 Å². The van der Waals surface area contributed by atoms with Crippen LogP contribution in [0.15, 0.2) is 18.2 Å². The van der Waals surface area contributed by atoms with E-state index in [0.29, 0.717) is 42.9 Å². The maximum atomic E-state index is 13.6. The quantitative estimate of drug-likeness (QED) is 0.710. The molecule has 2 aliphatic rings. The summed E-state index contributed by atoms with van der Waals surface area (Å²) in [6, 6.07) is 2.37. The highest BCUT2D eigenvalue weighted by atomic mass is 19.4. The molecule has 1 aromatic heterocycles. The summed E-state index contributed by atoms with van der Waals surface area (Å²) in [4.78, 5) is 25.9. The monoisotopic (exact) mass is 453 g/mol. The van der Waals surface area contributed by atoms with Crippen molar-refractivity contribution in [2.45, 2.75) is 32.5 Å². The molecule has 172 valence electrons. The van der Waals surface area contributed by atoms with Crippen molar-refractivity contribution >= 4 is 17.5 Å². The summed E-state index contributed by atoms with van der Waals surface area (Å²) in [7, 11) is 3.47. The molecule has 2 aromatic rings. The highest BCUT2D eigenvalue weighted by Gasteiger charge is 2.39. The minimum absolute atomic E-state index is 0.131. The molecule has 2 atom stereocenters. The van der Waals surface area contributed by atoms with Crippen LogP contribution >= 0.6 is 0 Å². The zero-order chi connectivity index (χ0) is 23.4. The number of carbonyl (C=O) groups is 2. The molecule has 2 heterocycles. The maximum Gasteiger partial charge on any atom is 0.419 e. The predicted octanol–water partition coefficient (Wildman–Crippen LogP) is 2.96. The molecule has 0 saturated heterocycles. The molecule has 2 amide bonds. The Balaban J connectivity index is 1.60. The molecule has 11 heteroatoms. The number of benzene rings is 1. The zero-order valence-electron chi connectivity index (χ0n) is 17.8. The summed E-state index contributed by atoms with van der Waals surface area (Å²) in [6.45, 7) is 2.99. The fourth-order valence-electron chi connectivity index (χ4n) is 4.30. The van der Waals surface area contributed by atoms with E-state index in [4.69, 9.17) is 0 Å². The summed E-state index contributed by atoms with van der Waals surface area (Å²) in [6.07, 6.45) is -4.15. The second-order valence-electron chi connectivity index (χ2n) is 8.38. The topological polar surface area (TPSA) is 70.5 Å². The van der Waals surface area contributed by atoms with Gasteiger partial charge in [0.25, 0.3) is 5.91 Å². The first kappa shape index (κ1) is 22.3. The van der Waals surface area contributed by atoms with Crippen LogP contribution in [0, 0.1) is 17.7 Å². The van der Waals surface area contributed by atoms with E-state index in [9.17, 15) is 27.2 Å². The lowest BCUT2D eigenvalue weighted by molar-refractivity contribution is -0.140. The Bertz CT molecular complexity index is 1080. The van der Waals surface area contributed by atoms with Crippen LogP contribution in [0.4, 0.5) is 23.2 Å². The molecular weight excluding hydrogens is 430 g/mol. The van der Waals surface area contributed by atoms with E-state index in [0.717, 1.165) is 11.8 Å². The van der Waals surface area contributed by atoms with Crippen molar-refractivity contribution in [2.24, 2.45) is 11.8 Å². The van der Waals surface area contributed by atoms with Crippen LogP contribution in [0.2, 0.25) is 0 Å². The SMILES string of the molecule is C[C@@H]1Cc2nn3c(c2CC1C(=O)Nc1ccc(F)c(C(F)(F)F)c1)C(=O)N(C)N(C)CC3. The van der Waals surface area contributed by atoms with Crippen molar-refractivity contribution in [3.05, 3.63) is 46.5 Å². The third-order valence-electron chi connectivity index (χ3n) is 6.28. The van der Waals surface area contributed by atoms with E-state index in [1.165, 1.54) is 5.01 Å². The van der Waals surface area contributed by atoms with Gasteiger partial charge in [-0.05, 0) is 37.0 Å². The van der Waals surface area contributed by atoms with Gasteiger partial charge in [-0.15, -0.1) is 0 Å². The first-order valence-corrected chi connectivity index (χ1v) is 10.2. The standard InChI is InChI=1S/C21H23F4N5O2/c1-11-8-17-14(18-20(32)29(3)28(2)6-7-30(18)27-17)10-13(11)19(31)26-12-4-5-16(22)15(9-12)21(23,24)25/h4-5,9,11,13H,6-8,10H2,1-3H3,(H,26,31)/t11-,13?/m1/s1. The largest absolute Gasteiger partial charge is 0.419 e. The lowest BCUT2D eigenvalue weighted by atomic mass is 9.78. The highest BCUT2D eigenvalue weighted by molar-refractivity contribution is 5.96. The molecule has 7 nitrogen and oxygen atoms in total. The van der Waals surface area contributed by atoms with Gasteiger partial charge in [0, 0.05) is 37.8 Å². The van der Waals surface area contributed by atoms with E-state index in [1.54, 1.807) is 23.8 Å². The summed E-state index contributed by atoms with van der Waals surface area (Å²) < 4.78 is 54.2. The molecule has 0 fully saturated rings. The summed E-state index contributed by atoms with van der Waals surface area (Å²) in [5.74, 6) is -2.81. The van der Waals surface area contributed by atoms with Crippen LogP contribution < -0.4 is 5.32 Å². The maximum absolute atomic E-state index is 13.6. The number of alkyl halides is 3. The molecule has 4 rings (SSSR count). The smallest absolute Gasteiger partial charge is 0.326 e. The van der Waals surface area contributed by atoms with E-state index < -0.39 is 29.4 Å². The number of fused-ring (bicyclic) bond motifs is 3. The first-order chi connectivity index (χ1) is 15.0. The molecule has 0 radical (unpaired) electrons. The number of hydrazine groups is 1. The predicted molar refractivity (Wildman–Crippen MR) is 107 cm³/mol. The van der Waals surface area contributed by atoms with Gasteiger partial charge >= 0.3 is 6.18 Å². The van der Waals surface area contributed by atoms with E-state index in [2.05, 4.69) is 10.4 Å². The number of nitrogens with zero attached hydrogens (tertiary/aromatic N) is 4. The van der Waals surface area contributed by atoms with Crippen molar-refractivity contribution in [1.82, 2.24) is 19.8 Å². The molecule has 0 bridgehead atoms. The molecule has 0 spiro atoms. The second-order valence-corrected chi connectivity index (χ2v) is 8.38. The molecule has 1 aliphatic carbocycles. The van der Waals surface area contributed by atoms with Gasteiger partial charge in [-0.1, -0.05) is 6.92 Å². The number of likely N-dealkylation sites (N-methyl/N-ethyl adjacent to an activating group) is 1. The number of rotatable bonds is 2. The van der Waals surface area contributed by atoms with Crippen molar-refractivity contribution in [2.75, 3.05) is 26.0 Å². The zero-order valence-corrected chi connectivity index (χ0v) is 17.8. The van der Waals surface area contributed by atoms with Crippen LogP contribution in [-0.4, -0.2) is 52.3 Å². The summed E-state index contributed by atoms with van der Waals surface area (Å²) in [5.41, 5.74) is 0.342. The molecule has 1 aliphatic heterocycles. The molecule has 1 unspecified atom stereocenters. The third-order valence-corrected chi connectivity index (χ3v) is 6.28. The average Bonchev–Trinajstić information content (AvgIpc) is 3.02. The molecule has 1 N–H and O–H groups in total. The Morgan fingerprint density at radius 1 is 1.19 bits per heavy atom. The van der Waals surface area contributed by atoms with E-state index in [-0.39, 0.29) is 23.9 Å². The first-order valence-electron chi connectivity index (χ1n) is 10.2. The van der Waals surface area contributed by atoms with Gasteiger partial charge in [-0.3, -0.25) is 19.3 Å². The fraction of sp³-hybridized carbons (Fsp3) is 0.476.